The molecular weight excluding hydrogens is 556 g/mol. The number of nitriles is 1. The molecule has 0 spiro atoms. The van der Waals surface area contributed by atoms with Crippen LogP contribution in [0, 0.1) is 16.7 Å². The number of allylic oxidation sites excluding steroid dienone is 1. The van der Waals surface area contributed by atoms with Gasteiger partial charge >= 0.3 is 0 Å². The van der Waals surface area contributed by atoms with E-state index in [4.69, 9.17) is 24.9 Å². The Hall–Kier alpha value is -4.86. The van der Waals surface area contributed by atoms with Gasteiger partial charge in [-0.3, -0.25) is 4.90 Å². The summed E-state index contributed by atoms with van der Waals surface area (Å²) in [5, 5.41) is 25.2. The maximum Gasteiger partial charge on any atom is 0.212 e. The molecule has 12 nitrogen and oxygen atoms in total. The van der Waals surface area contributed by atoms with Crippen molar-refractivity contribution in [3.05, 3.63) is 72.1 Å². The van der Waals surface area contributed by atoms with Crippen LogP contribution in [0.1, 0.15) is 30.7 Å². The molecule has 228 valence electrons. The van der Waals surface area contributed by atoms with E-state index in [0.29, 0.717) is 36.0 Å². The molecule has 0 unspecified atom stereocenters. The SMILES string of the molecule is COc1ccc(CN2CCN(c3ccc(-c4nc(/C(C=N)=C/NCCOC(C)C)cn5ncc(CC#N)c45)cn3)CC2)cn1. The largest absolute Gasteiger partial charge is 0.481 e. The van der Waals surface area contributed by atoms with Crippen LogP contribution >= 0.6 is 0 Å². The van der Waals surface area contributed by atoms with Gasteiger partial charge in [0.2, 0.25) is 5.88 Å². The maximum absolute atomic E-state index is 9.42. The van der Waals surface area contributed by atoms with Crippen LogP contribution in [0.4, 0.5) is 5.82 Å². The van der Waals surface area contributed by atoms with Crippen molar-refractivity contribution in [3.63, 3.8) is 0 Å². The first-order valence-corrected chi connectivity index (χ1v) is 14.7. The molecule has 4 aromatic rings. The standard InChI is InChI=1S/C32H38N10O2/c1-23(2)44-15-10-35-18-27(16-34)28-22-42-32(26(8-9-33)20-38-42)31(39-28)25-5-6-29(36-19-25)41-13-11-40(12-14-41)21-24-4-7-30(43-3)37-17-24/h4-7,16-20,22-23,34-35H,8,10-15,21H2,1-3H3/b27-18+,34-16?. The number of anilines is 1. The normalized spacial score (nSPS) is 14.2. The van der Waals surface area contributed by atoms with Gasteiger partial charge in [0.15, 0.2) is 0 Å². The van der Waals surface area contributed by atoms with Gasteiger partial charge in [-0.1, -0.05) is 6.07 Å². The number of pyridine rings is 2. The predicted octanol–water partition coefficient (Wildman–Crippen LogP) is 3.59. The minimum Gasteiger partial charge on any atom is -0.481 e. The van der Waals surface area contributed by atoms with Gasteiger partial charge in [-0.2, -0.15) is 10.4 Å². The van der Waals surface area contributed by atoms with E-state index in [2.05, 4.69) is 37.3 Å². The van der Waals surface area contributed by atoms with Crippen LogP contribution in [-0.2, 0) is 17.7 Å². The zero-order chi connectivity index (χ0) is 30.9. The van der Waals surface area contributed by atoms with Crippen molar-refractivity contribution in [2.45, 2.75) is 32.9 Å². The highest BCUT2D eigenvalue weighted by molar-refractivity contribution is 6.07. The zero-order valence-electron chi connectivity index (χ0n) is 25.4. The van der Waals surface area contributed by atoms with E-state index >= 15 is 0 Å². The first kappa shape index (κ1) is 30.6. The van der Waals surface area contributed by atoms with E-state index in [-0.39, 0.29) is 12.5 Å². The Balaban J connectivity index is 1.33. The third-order valence-corrected chi connectivity index (χ3v) is 7.38. The van der Waals surface area contributed by atoms with Crippen LogP contribution in [-0.4, -0.2) is 88.2 Å². The first-order chi connectivity index (χ1) is 21.5. The Morgan fingerprint density at radius 2 is 1.95 bits per heavy atom. The van der Waals surface area contributed by atoms with Crippen LogP contribution in [0.5, 0.6) is 5.88 Å². The van der Waals surface area contributed by atoms with Crippen molar-refractivity contribution in [3.8, 4) is 23.2 Å². The molecule has 1 saturated heterocycles. The van der Waals surface area contributed by atoms with Crippen molar-refractivity contribution in [2.24, 2.45) is 0 Å². The van der Waals surface area contributed by atoms with E-state index in [1.165, 1.54) is 6.21 Å². The fourth-order valence-corrected chi connectivity index (χ4v) is 5.09. The smallest absolute Gasteiger partial charge is 0.212 e. The summed E-state index contributed by atoms with van der Waals surface area (Å²) in [6, 6.07) is 10.2. The molecule has 0 bridgehead atoms. The second-order valence-electron chi connectivity index (χ2n) is 10.8. The number of aromatic nitrogens is 5. The van der Waals surface area contributed by atoms with Crippen LogP contribution in [0.2, 0.25) is 0 Å². The minimum atomic E-state index is 0.157. The molecule has 0 radical (unpaired) electrons. The number of fused-ring (bicyclic) bond motifs is 1. The Bertz CT molecular complexity index is 1620. The lowest BCUT2D eigenvalue weighted by atomic mass is 10.1. The van der Waals surface area contributed by atoms with E-state index in [1.54, 1.807) is 30.2 Å². The van der Waals surface area contributed by atoms with E-state index in [9.17, 15) is 5.26 Å². The van der Waals surface area contributed by atoms with Gasteiger partial charge in [0, 0.05) is 86.8 Å². The summed E-state index contributed by atoms with van der Waals surface area (Å²) in [7, 11) is 1.62. The number of hydrogen-bond acceptors (Lipinski definition) is 11. The van der Waals surface area contributed by atoms with Crippen molar-refractivity contribution in [1.82, 2.24) is 34.8 Å². The van der Waals surface area contributed by atoms with Gasteiger partial charge in [-0.05, 0) is 31.5 Å². The third-order valence-electron chi connectivity index (χ3n) is 7.38. The second-order valence-corrected chi connectivity index (χ2v) is 10.8. The summed E-state index contributed by atoms with van der Waals surface area (Å²) in [5.74, 6) is 1.53. The van der Waals surface area contributed by atoms with Crippen LogP contribution < -0.4 is 15.0 Å². The molecule has 1 fully saturated rings. The lowest BCUT2D eigenvalue weighted by Crippen LogP contribution is -2.46. The summed E-state index contributed by atoms with van der Waals surface area (Å²) in [6.45, 7) is 9.57. The van der Waals surface area contributed by atoms with Gasteiger partial charge in [0.1, 0.15) is 5.82 Å². The molecule has 0 amide bonds. The van der Waals surface area contributed by atoms with Gasteiger partial charge < -0.3 is 25.1 Å². The molecule has 5 rings (SSSR count). The molecule has 1 aliphatic rings. The summed E-state index contributed by atoms with van der Waals surface area (Å²) in [4.78, 5) is 18.8. The fourth-order valence-electron chi connectivity index (χ4n) is 5.09. The fraction of sp³-hybridized carbons (Fsp3) is 0.375. The zero-order valence-corrected chi connectivity index (χ0v) is 25.4. The molecule has 0 aromatic carbocycles. The minimum absolute atomic E-state index is 0.157. The molecule has 0 atom stereocenters. The first-order valence-electron chi connectivity index (χ1n) is 14.7. The molecule has 2 N–H and O–H groups in total. The highest BCUT2D eigenvalue weighted by atomic mass is 16.5. The number of nitrogens with zero attached hydrogens (tertiary/aromatic N) is 8. The molecular formula is C32H38N10O2. The molecule has 5 heterocycles. The summed E-state index contributed by atoms with van der Waals surface area (Å²) >= 11 is 0. The predicted molar refractivity (Wildman–Crippen MR) is 170 cm³/mol. The molecule has 12 heteroatoms. The van der Waals surface area contributed by atoms with Gasteiger partial charge in [0.05, 0.1) is 61.6 Å². The number of rotatable bonds is 13. The Kier molecular flexibility index (Phi) is 10.1. The number of hydrogen-bond donors (Lipinski definition) is 2. The average Bonchev–Trinajstić information content (AvgIpc) is 3.46. The maximum atomic E-state index is 9.42. The van der Waals surface area contributed by atoms with Crippen LogP contribution in [0.15, 0.2) is 55.3 Å². The summed E-state index contributed by atoms with van der Waals surface area (Å²) < 4.78 is 12.5. The lowest BCUT2D eigenvalue weighted by molar-refractivity contribution is 0.0825. The van der Waals surface area contributed by atoms with Crippen molar-refractivity contribution >= 4 is 23.1 Å². The highest BCUT2D eigenvalue weighted by Gasteiger charge is 2.20. The van der Waals surface area contributed by atoms with Crippen LogP contribution in [0.25, 0.3) is 22.3 Å². The molecule has 4 aromatic heterocycles. The molecule has 0 saturated carbocycles. The topological polar surface area (TPSA) is 141 Å². The monoisotopic (exact) mass is 594 g/mol. The van der Waals surface area contributed by atoms with Crippen molar-refractivity contribution in [2.75, 3.05) is 51.3 Å². The van der Waals surface area contributed by atoms with E-state index < -0.39 is 0 Å². The second kappa shape index (κ2) is 14.5. The van der Waals surface area contributed by atoms with Gasteiger partial charge in [-0.25, -0.2) is 19.5 Å². The van der Waals surface area contributed by atoms with Gasteiger partial charge in [0.25, 0.3) is 0 Å². The summed E-state index contributed by atoms with van der Waals surface area (Å²) in [6.07, 6.45) is 10.6. The van der Waals surface area contributed by atoms with Crippen molar-refractivity contribution in [1.29, 1.82) is 10.7 Å². The Morgan fingerprint density at radius 3 is 2.61 bits per heavy atom. The van der Waals surface area contributed by atoms with E-state index in [1.807, 2.05) is 44.4 Å². The molecule has 44 heavy (non-hydrogen) atoms. The average molecular weight is 595 g/mol. The van der Waals surface area contributed by atoms with E-state index in [0.717, 1.165) is 60.7 Å². The lowest BCUT2D eigenvalue weighted by Gasteiger charge is -2.35. The number of piperazine rings is 1. The molecule has 0 aliphatic carbocycles. The van der Waals surface area contributed by atoms with Crippen molar-refractivity contribution < 1.29 is 9.47 Å². The number of methoxy groups -OCH3 is 1. The number of nitrogens with one attached hydrogen (secondary N) is 2. The van der Waals surface area contributed by atoms with Gasteiger partial charge in [-0.15, -0.1) is 0 Å². The van der Waals surface area contributed by atoms with Crippen LogP contribution in [0.3, 0.4) is 0 Å². The molecule has 1 aliphatic heterocycles. The number of ether oxygens (including phenoxy) is 2. The quantitative estimate of drug-likeness (QED) is 0.174. The third kappa shape index (κ3) is 7.37. The Labute approximate surface area is 257 Å². The Morgan fingerprint density at radius 1 is 1.11 bits per heavy atom. The highest BCUT2D eigenvalue weighted by Crippen LogP contribution is 2.28. The summed E-state index contributed by atoms with van der Waals surface area (Å²) in [5.41, 5.74) is 5.37.